The molecule has 0 radical (unpaired) electrons. The second-order valence-electron chi connectivity index (χ2n) is 4.56. The molecule has 98 valence electrons. The van der Waals surface area contributed by atoms with E-state index in [2.05, 4.69) is 15.9 Å². The number of likely N-dealkylation sites (tertiary alicyclic amines) is 1. The normalized spacial score (nSPS) is 19.0. The third kappa shape index (κ3) is 3.05. The highest BCUT2D eigenvalue weighted by Gasteiger charge is 2.27. The zero-order valence-electron chi connectivity index (χ0n) is 10.6. The summed E-state index contributed by atoms with van der Waals surface area (Å²) in [7, 11) is 1.64. The summed E-state index contributed by atoms with van der Waals surface area (Å²) in [6.45, 7) is 0.894. The number of methoxy groups -OCH3 is 1. The third-order valence-corrected chi connectivity index (χ3v) is 4.14. The summed E-state index contributed by atoms with van der Waals surface area (Å²) in [6.07, 6.45) is 2.71. The molecule has 4 heteroatoms. The maximum absolute atomic E-state index is 12.2. The molecule has 0 spiro atoms. The number of hydrogen-bond donors (Lipinski definition) is 0. The van der Waals surface area contributed by atoms with Crippen molar-refractivity contribution >= 4 is 21.8 Å². The number of carbonyl (C=O) groups is 1. The van der Waals surface area contributed by atoms with Crippen molar-refractivity contribution in [3.05, 3.63) is 29.8 Å². The lowest BCUT2D eigenvalue weighted by molar-refractivity contribution is -0.130. The molecule has 18 heavy (non-hydrogen) atoms. The maximum Gasteiger partial charge on any atom is 0.227 e. The summed E-state index contributed by atoms with van der Waals surface area (Å²) in [6, 6.07) is 8.07. The SMILES string of the molecule is COc1ccc(CC(=O)N2CCCC2CBr)cc1. The van der Waals surface area contributed by atoms with Crippen LogP contribution in [-0.4, -0.2) is 35.8 Å². The van der Waals surface area contributed by atoms with Gasteiger partial charge in [0.2, 0.25) is 5.91 Å². The molecule has 1 amide bonds. The largest absolute Gasteiger partial charge is 0.497 e. The molecule has 1 unspecified atom stereocenters. The van der Waals surface area contributed by atoms with Gasteiger partial charge in [0.1, 0.15) is 5.75 Å². The van der Waals surface area contributed by atoms with E-state index in [0.717, 1.165) is 36.0 Å². The highest BCUT2D eigenvalue weighted by molar-refractivity contribution is 9.09. The van der Waals surface area contributed by atoms with Crippen LogP contribution in [0.15, 0.2) is 24.3 Å². The smallest absolute Gasteiger partial charge is 0.227 e. The highest BCUT2D eigenvalue weighted by Crippen LogP contribution is 2.20. The van der Waals surface area contributed by atoms with E-state index in [-0.39, 0.29) is 5.91 Å². The van der Waals surface area contributed by atoms with Crippen LogP contribution in [-0.2, 0) is 11.2 Å². The molecule has 1 saturated heterocycles. The molecule has 1 atom stereocenters. The Kier molecular flexibility index (Phi) is 4.64. The molecule has 0 N–H and O–H groups in total. The van der Waals surface area contributed by atoms with Crippen LogP contribution in [0.5, 0.6) is 5.75 Å². The fourth-order valence-electron chi connectivity index (χ4n) is 2.34. The minimum atomic E-state index is 0.224. The van der Waals surface area contributed by atoms with Crippen molar-refractivity contribution in [2.75, 3.05) is 19.0 Å². The number of alkyl halides is 1. The minimum absolute atomic E-state index is 0.224. The number of nitrogens with zero attached hydrogens (tertiary/aromatic N) is 1. The molecular weight excluding hydrogens is 294 g/mol. The molecule has 0 bridgehead atoms. The molecule has 0 aromatic heterocycles. The molecule has 1 aliphatic heterocycles. The minimum Gasteiger partial charge on any atom is -0.497 e. The molecule has 1 heterocycles. The first-order valence-corrected chi connectivity index (χ1v) is 7.35. The highest BCUT2D eigenvalue weighted by atomic mass is 79.9. The lowest BCUT2D eigenvalue weighted by atomic mass is 10.1. The first kappa shape index (κ1) is 13.4. The average Bonchev–Trinajstić information content (AvgIpc) is 2.88. The Hall–Kier alpha value is -1.03. The Balaban J connectivity index is 1.97. The van der Waals surface area contributed by atoms with Gasteiger partial charge in [-0.25, -0.2) is 0 Å². The van der Waals surface area contributed by atoms with E-state index in [1.165, 1.54) is 0 Å². The molecule has 0 saturated carbocycles. The summed E-state index contributed by atoms with van der Waals surface area (Å²) in [5, 5.41) is 0.876. The van der Waals surface area contributed by atoms with Crippen molar-refractivity contribution < 1.29 is 9.53 Å². The number of rotatable bonds is 4. The first-order valence-electron chi connectivity index (χ1n) is 6.23. The van der Waals surface area contributed by atoms with Crippen LogP contribution in [0.25, 0.3) is 0 Å². The van der Waals surface area contributed by atoms with Crippen LogP contribution in [0.2, 0.25) is 0 Å². The Morgan fingerprint density at radius 3 is 2.78 bits per heavy atom. The molecule has 1 aromatic carbocycles. The van der Waals surface area contributed by atoms with Crippen LogP contribution < -0.4 is 4.74 Å². The summed E-state index contributed by atoms with van der Waals surface area (Å²) in [5.41, 5.74) is 1.04. The van der Waals surface area contributed by atoms with Crippen molar-refractivity contribution in [2.24, 2.45) is 0 Å². The zero-order chi connectivity index (χ0) is 13.0. The van der Waals surface area contributed by atoms with Gasteiger partial charge in [-0.05, 0) is 30.5 Å². The fraction of sp³-hybridized carbons (Fsp3) is 0.500. The van der Waals surface area contributed by atoms with Crippen LogP contribution in [0.4, 0.5) is 0 Å². The van der Waals surface area contributed by atoms with E-state index >= 15 is 0 Å². The van der Waals surface area contributed by atoms with Gasteiger partial charge >= 0.3 is 0 Å². The van der Waals surface area contributed by atoms with Crippen LogP contribution in [0, 0.1) is 0 Å². The quantitative estimate of drug-likeness (QED) is 0.800. The molecule has 1 aromatic rings. The van der Waals surface area contributed by atoms with Crippen molar-refractivity contribution in [1.29, 1.82) is 0 Å². The average molecular weight is 312 g/mol. The topological polar surface area (TPSA) is 29.5 Å². The Labute approximate surface area is 116 Å². The van der Waals surface area contributed by atoms with E-state index in [9.17, 15) is 4.79 Å². The lowest BCUT2D eigenvalue weighted by Gasteiger charge is -2.23. The van der Waals surface area contributed by atoms with Gasteiger partial charge in [-0.1, -0.05) is 28.1 Å². The number of benzene rings is 1. The van der Waals surface area contributed by atoms with Crippen molar-refractivity contribution in [3.63, 3.8) is 0 Å². The predicted octanol–water partition coefficient (Wildman–Crippen LogP) is 2.62. The molecule has 0 aliphatic carbocycles. The van der Waals surface area contributed by atoms with Gasteiger partial charge < -0.3 is 9.64 Å². The van der Waals surface area contributed by atoms with Gasteiger partial charge in [0.15, 0.2) is 0 Å². The molecular formula is C14H18BrNO2. The van der Waals surface area contributed by atoms with Gasteiger partial charge in [-0.3, -0.25) is 4.79 Å². The maximum atomic E-state index is 12.2. The molecule has 3 nitrogen and oxygen atoms in total. The van der Waals surface area contributed by atoms with E-state index in [1.54, 1.807) is 7.11 Å². The molecule has 1 aliphatic rings. The van der Waals surface area contributed by atoms with Crippen LogP contribution >= 0.6 is 15.9 Å². The second kappa shape index (κ2) is 6.23. The number of carbonyl (C=O) groups excluding carboxylic acids is 1. The van der Waals surface area contributed by atoms with Gasteiger partial charge in [0.25, 0.3) is 0 Å². The van der Waals surface area contributed by atoms with E-state index in [0.29, 0.717) is 12.5 Å². The van der Waals surface area contributed by atoms with Crippen molar-refractivity contribution in [1.82, 2.24) is 4.90 Å². The van der Waals surface area contributed by atoms with E-state index in [1.807, 2.05) is 29.2 Å². The predicted molar refractivity (Wildman–Crippen MR) is 75.2 cm³/mol. The zero-order valence-corrected chi connectivity index (χ0v) is 12.1. The van der Waals surface area contributed by atoms with Gasteiger partial charge in [0, 0.05) is 17.9 Å². The molecule has 1 fully saturated rings. The summed E-state index contributed by atoms with van der Waals surface area (Å²) in [4.78, 5) is 14.2. The van der Waals surface area contributed by atoms with Crippen molar-refractivity contribution in [2.45, 2.75) is 25.3 Å². The standard InChI is InChI=1S/C14H18BrNO2/c1-18-13-6-4-11(5-7-13)9-14(17)16-8-2-3-12(16)10-15/h4-7,12H,2-3,8-10H2,1H3. The van der Waals surface area contributed by atoms with Gasteiger partial charge in [-0.2, -0.15) is 0 Å². The second-order valence-corrected chi connectivity index (χ2v) is 5.21. The fourth-order valence-corrected chi connectivity index (χ4v) is 3.02. The van der Waals surface area contributed by atoms with Gasteiger partial charge in [0.05, 0.1) is 13.5 Å². The molecule has 2 rings (SSSR count). The first-order chi connectivity index (χ1) is 8.74. The monoisotopic (exact) mass is 311 g/mol. The van der Waals surface area contributed by atoms with Crippen LogP contribution in [0.3, 0.4) is 0 Å². The summed E-state index contributed by atoms with van der Waals surface area (Å²) < 4.78 is 5.11. The Bertz CT molecular complexity index is 405. The Morgan fingerprint density at radius 1 is 1.44 bits per heavy atom. The number of hydrogen-bond acceptors (Lipinski definition) is 2. The Morgan fingerprint density at radius 2 is 2.17 bits per heavy atom. The van der Waals surface area contributed by atoms with Gasteiger partial charge in [-0.15, -0.1) is 0 Å². The summed E-state index contributed by atoms with van der Waals surface area (Å²) >= 11 is 3.48. The summed E-state index contributed by atoms with van der Waals surface area (Å²) in [5.74, 6) is 1.05. The number of amides is 1. The van der Waals surface area contributed by atoms with E-state index < -0.39 is 0 Å². The van der Waals surface area contributed by atoms with Crippen LogP contribution in [0.1, 0.15) is 18.4 Å². The third-order valence-electron chi connectivity index (χ3n) is 3.39. The number of halogens is 1. The van der Waals surface area contributed by atoms with E-state index in [4.69, 9.17) is 4.74 Å². The lowest BCUT2D eigenvalue weighted by Crippen LogP contribution is -2.37. The van der Waals surface area contributed by atoms with Crippen molar-refractivity contribution in [3.8, 4) is 5.75 Å². The number of ether oxygens (including phenoxy) is 1.